The van der Waals surface area contributed by atoms with E-state index < -0.39 is 0 Å². The molecule has 1 aromatic carbocycles. The van der Waals surface area contributed by atoms with Gasteiger partial charge in [0.1, 0.15) is 0 Å². The summed E-state index contributed by atoms with van der Waals surface area (Å²) < 4.78 is 0. The summed E-state index contributed by atoms with van der Waals surface area (Å²) in [4.78, 5) is 14.7. The smallest absolute Gasteiger partial charge is 0.254 e. The van der Waals surface area contributed by atoms with Crippen molar-refractivity contribution >= 4 is 5.91 Å². The van der Waals surface area contributed by atoms with Gasteiger partial charge in [-0.2, -0.15) is 0 Å². The molecule has 1 heterocycles. The molecule has 0 radical (unpaired) electrons. The molecule has 2 atom stereocenters. The van der Waals surface area contributed by atoms with E-state index in [1.165, 1.54) is 12.0 Å². The Morgan fingerprint density at radius 2 is 1.78 bits per heavy atom. The maximum atomic E-state index is 12.7. The summed E-state index contributed by atoms with van der Waals surface area (Å²) in [7, 11) is 0. The number of nitrogens with zero attached hydrogens (tertiary/aromatic N) is 1. The molecule has 0 spiro atoms. The Hall–Kier alpha value is -1.31. The van der Waals surface area contributed by atoms with Gasteiger partial charge < -0.3 is 4.90 Å². The number of hydrogen-bond donors (Lipinski definition) is 0. The van der Waals surface area contributed by atoms with Crippen LogP contribution in [0.4, 0.5) is 0 Å². The summed E-state index contributed by atoms with van der Waals surface area (Å²) in [6.45, 7) is 8.42. The van der Waals surface area contributed by atoms with Crippen LogP contribution in [-0.2, 0) is 0 Å². The van der Waals surface area contributed by atoms with Crippen molar-refractivity contribution in [2.75, 3.05) is 0 Å². The third kappa shape index (κ3) is 2.43. The van der Waals surface area contributed by atoms with E-state index in [0.717, 1.165) is 24.0 Å². The van der Waals surface area contributed by atoms with Crippen molar-refractivity contribution < 1.29 is 4.79 Å². The normalized spacial score (nSPS) is 24.1. The molecule has 0 saturated carbocycles. The van der Waals surface area contributed by atoms with E-state index in [1.807, 2.05) is 19.1 Å². The van der Waals surface area contributed by atoms with Gasteiger partial charge >= 0.3 is 0 Å². The number of carbonyl (C=O) groups excluding carboxylic acids is 1. The van der Waals surface area contributed by atoms with Crippen LogP contribution in [0.1, 0.15) is 54.6 Å². The number of carbonyl (C=O) groups is 1. The second-order valence-corrected chi connectivity index (χ2v) is 5.66. The first-order valence-corrected chi connectivity index (χ1v) is 6.90. The molecule has 1 aliphatic heterocycles. The molecule has 18 heavy (non-hydrogen) atoms. The highest BCUT2D eigenvalue weighted by molar-refractivity contribution is 5.96. The van der Waals surface area contributed by atoms with Crippen molar-refractivity contribution in [3.8, 4) is 0 Å². The first-order chi connectivity index (χ1) is 8.50. The maximum Gasteiger partial charge on any atom is 0.254 e. The van der Waals surface area contributed by atoms with E-state index in [-0.39, 0.29) is 5.91 Å². The fraction of sp³-hybridized carbons (Fsp3) is 0.562. The van der Waals surface area contributed by atoms with Crippen LogP contribution in [0.3, 0.4) is 0 Å². The summed E-state index contributed by atoms with van der Waals surface area (Å²) in [5.74, 6) is 0.201. The Kier molecular flexibility index (Phi) is 3.74. The van der Waals surface area contributed by atoms with Gasteiger partial charge in [-0.3, -0.25) is 4.79 Å². The maximum absolute atomic E-state index is 12.7. The highest BCUT2D eigenvalue weighted by Crippen LogP contribution is 2.25. The van der Waals surface area contributed by atoms with E-state index in [4.69, 9.17) is 0 Å². The summed E-state index contributed by atoms with van der Waals surface area (Å²) in [6.07, 6.45) is 3.49. The van der Waals surface area contributed by atoms with E-state index in [1.54, 1.807) is 0 Å². The third-order valence-corrected chi connectivity index (χ3v) is 4.04. The zero-order valence-corrected chi connectivity index (χ0v) is 11.9. The summed E-state index contributed by atoms with van der Waals surface area (Å²) >= 11 is 0. The number of likely N-dealkylation sites (tertiary alicyclic amines) is 1. The summed E-state index contributed by atoms with van der Waals surface area (Å²) in [5.41, 5.74) is 3.16. The Balaban J connectivity index is 2.29. The van der Waals surface area contributed by atoms with Gasteiger partial charge in [-0.15, -0.1) is 0 Å². The van der Waals surface area contributed by atoms with E-state index in [0.29, 0.717) is 12.1 Å². The third-order valence-electron chi connectivity index (χ3n) is 4.04. The first kappa shape index (κ1) is 13.1. The van der Waals surface area contributed by atoms with Crippen molar-refractivity contribution in [1.82, 2.24) is 4.90 Å². The fourth-order valence-electron chi connectivity index (χ4n) is 3.01. The lowest BCUT2D eigenvalue weighted by Crippen LogP contribution is -2.47. The van der Waals surface area contributed by atoms with Gasteiger partial charge in [0.05, 0.1) is 0 Å². The average molecular weight is 245 g/mol. The molecule has 0 N–H and O–H groups in total. The van der Waals surface area contributed by atoms with Crippen LogP contribution in [0.5, 0.6) is 0 Å². The first-order valence-electron chi connectivity index (χ1n) is 6.90. The van der Waals surface area contributed by atoms with Gasteiger partial charge in [0, 0.05) is 17.6 Å². The van der Waals surface area contributed by atoms with Crippen LogP contribution in [0.2, 0.25) is 0 Å². The molecule has 1 aliphatic rings. The molecule has 2 heteroatoms. The Bertz CT molecular complexity index is 442. The molecule has 2 nitrogen and oxygen atoms in total. The monoisotopic (exact) mass is 245 g/mol. The summed E-state index contributed by atoms with van der Waals surface area (Å²) in [5, 5.41) is 0. The minimum atomic E-state index is 0.201. The molecule has 2 rings (SSSR count). The zero-order valence-electron chi connectivity index (χ0n) is 11.9. The molecule has 98 valence electrons. The van der Waals surface area contributed by atoms with Gasteiger partial charge in [0.25, 0.3) is 5.91 Å². The number of benzene rings is 1. The predicted molar refractivity (Wildman–Crippen MR) is 74.9 cm³/mol. The lowest BCUT2D eigenvalue weighted by atomic mass is 9.95. The molecular weight excluding hydrogens is 222 g/mol. The molecule has 0 unspecified atom stereocenters. The predicted octanol–water partition coefficient (Wildman–Crippen LogP) is 3.71. The van der Waals surface area contributed by atoms with Crippen LogP contribution in [-0.4, -0.2) is 22.9 Å². The zero-order chi connectivity index (χ0) is 13.3. The molecule has 1 aromatic rings. The topological polar surface area (TPSA) is 20.3 Å². The van der Waals surface area contributed by atoms with Gasteiger partial charge in [-0.1, -0.05) is 17.7 Å². The van der Waals surface area contributed by atoms with Crippen molar-refractivity contribution in [1.29, 1.82) is 0 Å². The minimum absolute atomic E-state index is 0.201. The number of rotatable bonds is 1. The molecule has 0 bridgehead atoms. The van der Waals surface area contributed by atoms with Crippen LogP contribution >= 0.6 is 0 Å². The number of hydrogen-bond acceptors (Lipinski definition) is 1. The van der Waals surface area contributed by atoms with Crippen LogP contribution in [0.15, 0.2) is 18.2 Å². The van der Waals surface area contributed by atoms with Gasteiger partial charge in [0.15, 0.2) is 0 Å². The summed E-state index contributed by atoms with van der Waals surface area (Å²) in [6, 6.07) is 6.82. The van der Waals surface area contributed by atoms with Crippen molar-refractivity contribution in [2.45, 2.75) is 59.0 Å². The number of aryl methyl sites for hydroxylation is 2. The minimum Gasteiger partial charge on any atom is -0.333 e. The SMILES string of the molecule is Cc1ccc(C(=O)N2[C@@H](C)CCC[C@@H]2C)c(C)c1. The van der Waals surface area contributed by atoms with E-state index in [2.05, 4.69) is 31.7 Å². The van der Waals surface area contributed by atoms with E-state index >= 15 is 0 Å². The second kappa shape index (κ2) is 5.13. The Morgan fingerprint density at radius 1 is 1.17 bits per heavy atom. The molecule has 0 aliphatic carbocycles. The van der Waals surface area contributed by atoms with Gasteiger partial charge in [-0.25, -0.2) is 0 Å². The number of amides is 1. The highest BCUT2D eigenvalue weighted by atomic mass is 16.2. The van der Waals surface area contributed by atoms with Crippen LogP contribution in [0.25, 0.3) is 0 Å². The lowest BCUT2D eigenvalue weighted by molar-refractivity contribution is 0.0510. The second-order valence-electron chi connectivity index (χ2n) is 5.66. The quantitative estimate of drug-likeness (QED) is 0.738. The van der Waals surface area contributed by atoms with Crippen LogP contribution in [0, 0.1) is 13.8 Å². The lowest BCUT2D eigenvalue weighted by Gasteiger charge is -2.39. The van der Waals surface area contributed by atoms with Crippen molar-refractivity contribution in [2.24, 2.45) is 0 Å². The van der Waals surface area contributed by atoms with E-state index in [9.17, 15) is 4.79 Å². The largest absolute Gasteiger partial charge is 0.333 e. The van der Waals surface area contributed by atoms with Gasteiger partial charge in [-0.05, 0) is 58.6 Å². The van der Waals surface area contributed by atoms with Crippen molar-refractivity contribution in [3.63, 3.8) is 0 Å². The number of piperidine rings is 1. The standard InChI is InChI=1S/C16H23NO/c1-11-8-9-15(12(2)10-11)16(18)17-13(3)6-5-7-14(17)4/h8-10,13-14H,5-7H2,1-4H3/t13-,14-/m0/s1. The Labute approximate surface area is 110 Å². The molecule has 1 amide bonds. The molecule has 0 aromatic heterocycles. The van der Waals surface area contributed by atoms with Gasteiger partial charge in [0.2, 0.25) is 0 Å². The fourth-order valence-corrected chi connectivity index (χ4v) is 3.01. The van der Waals surface area contributed by atoms with Crippen LogP contribution < -0.4 is 0 Å². The molecular formula is C16H23NO. The van der Waals surface area contributed by atoms with Crippen molar-refractivity contribution in [3.05, 3.63) is 34.9 Å². The average Bonchev–Trinajstić information content (AvgIpc) is 2.28. The molecule has 1 saturated heterocycles. The Morgan fingerprint density at radius 3 is 2.33 bits per heavy atom. The molecule has 1 fully saturated rings. The highest BCUT2D eigenvalue weighted by Gasteiger charge is 2.30.